The molecule has 0 aromatic heterocycles. The van der Waals surface area contributed by atoms with Crippen LogP contribution in [0.2, 0.25) is 0 Å². The molecule has 1 rings (SSSR count). The van der Waals surface area contributed by atoms with Gasteiger partial charge in [0.05, 0.1) is 12.0 Å². The first-order valence-corrected chi connectivity index (χ1v) is 3.31. The van der Waals surface area contributed by atoms with Crippen LogP contribution < -0.4 is 10.2 Å². The monoisotopic (exact) mass is 221 g/mol. The molecule has 1 unspecified atom stereocenters. The summed E-state index contributed by atoms with van der Waals surface area (Å²) in [5.74, 6) is -1.34. The predicted molar refractivity (Wildman–Crippen MR) is 30.1 cm³/mol. The molecule has 1 fully saturated rings. The third-order valence-electron chi connectivity index (χ3n) is 1.76. The van der Waals surface area contributed by atoms with Crippen molar-refractivity contribution in [1.82, 2.24) is 4.90 Å². The molecular formula is C6H7NO4Zn. The van der Waals surface area contributed by atoms with E-state index in [1.165, 1.54) is 0 Å². The number of nitrogens with zero attached hydrogens (tertiary/aromatic N) is 1. The van der Waals surface area contributed by atoms with Crippen LogP contribution in [0.25, 0.3) is 0 Å². The molecule has 1 heterocycles. The average Bonchev–Trinajstić information content (AvgIpc) is 2.32. The summed E-state index contributed by atoms with van der Waals surface area (Å²) in [5, 5.41) is 20.5. The van der Waals surface area contributed by atoms with Gasteiger partial charge in [0.1, 0.15) is 6.09 Å². The summed E-state index contributed by atoms with van der Waals surface area (Å²) in [6.07, 6.45) is -0.542. The maximum atomic E-state index is 10.3. The molecule has 0 radical (unpaired) electrons. The van der Waals surface area contributed by atoms with Crippen molar-refractivity contribution < 1.29 is 39.3 Å². The van der Waals surface area contributed by atoms with Crippen LogP contribution in [-0.2, 0) is 24.3 Å². The molecule has 0 spiro atoms. The van der Waals surface area contributed by atoms with Gasteiger partial charge >= 0.3 is 19.5 Å². The van der Waals surface area contributed by atoms with Crippen molar-refractivity contribution in [2.24, 2.45) is 0 Å². The minimum Gasteiger partial charge on any atom is -0.548 e. The van der Waals surface area contributed by atoms with E-state index < -0.39 is 18.1 Å². The molecule has 6 heteroatoms. The summed E-state index contributed by atoms with van der Waals surface area (Å²) in [7, 11) is 0. The maximum Gasteiger partial charge on any atom is 2.00 e. The molecule has 0 saturated carbocycles. The smallest absolute Gasteiger partial charge is 0.548 e. The number of carbonyl (C=O) groups is 2. The molecule has 0 aromatic rings. The molecule has 0 aromatic carbocycles. The zero-order valence-electron chi connectivity index (χ0n) is 6.49. The van der Waals surface area contributed by atoms with Gasteiger partial charge in [-0.15, -0.1) is 0 Å². The second kappa shape index (κ2) is 4.40. The van der Waals surface area contributed by atoms with Crippen molar-refractivity contribution in [2.45, 2.75) is 18.9 Å². The fourth-order valence-corrected chi connectivity index (χ4v) is 1.23. The van der Waals surface area contributed by atoms with Gasteiger partial charge in [-0.25, -0.2) is 0 Å². The van der Waals surface area contributed by atoms with Gasteiger partial charge in [0.15, 0.2) is 0 Å². The van der Waals surface area contributed by atoms with E-state index in [0.717, 1.165) is 4.90 Å². The second-order valence-electron chi connectivity index (χ2n) is 2.44. The fraction of sp³-hybridized carbons (Fsp3) is 0.667. The van der Waals surface area contributed by atoms with Crippen LogP contribution in [-0.4, -0.2) is 29.5 Å². The number of aliphatic carboxylic acids is 1. The summed E-state index contributed by atoms with van der Waals surface area (Å²) in [6, 6.07) is -1.00. The van der Waals surface area contributed by atoms with Gasteiger partial charge in [0, 0.05) is 6.54 Å². The summed E-state index contributed by atoms with van der Waals surface area (Å²) in [6.45, 7) is 0.237. The number of hydrogen-bond acceptors (Lipinski definition) is 4. The van der Waals surface area contributed by atoms with Crippen molar-refractivity contribution in [3.63, 3.8) is 0 Å². The van der Waals surface area contributed by atoms with E-state index in [1.807, 2.05) is 0 Å². The van der Waals surface area contributed by atoms with Gasteiger partial charge in [0.2, 0.25) is 0 Å². The summed E-state index contributed by atoms with van der Waals surface area (Å²) in [5.41, 5.74) is 0. The van der Waals surface area contributed by atoms with E-state index in [-0.39, 0.29) is 26.0 Å². The average molecular weight is 223 g/mol. The standard InChI is InChI=1S/C6H9NO4.Zn/c8-5(9)4-2-1-3-7(4)6(10)11;/h4H,1-3H2,(H,8,9)(H,10,11);/q;+2/p-2. The van der Waals surface area contributed by atoms with E-state index in [9.17, 15) is 19.8 Å². The van der Waals surface area contributed by atoms with Crippen LogP contribution in [0.15, 0.2) is 0 Å². The molecule has 0 N–H and O–H groups in total. The molecule has 0 aliphatic carbocycles. The van der Waals surface area contributed by atoms with E-state index in [2.05, 4.69) is 0 Å². The van der Waals surface area contributed by atoms with Gasteiger partial charge < -0.3 is 24.7 Å². The molecule has 1 saturated heterocycles. The Hall–Kier alpha value is -0.637. The maximum absolute atomic E-state index is 10.3. The summed E-state index contributed by atoms with van der Waals surface area (Å²) < 4.78 is 0. The van der Waals surface area contributed by atoms with Gasteiger partial charge in [-0.2, -0.15) is 0 Å². The quantitative estimate of drug-likeness (QED) is 0.461. The Morgan fingerprint density at radius 2 is 1.92 bits per heavy atom. The SMILES string of the molecule is O=C([O-])C1CCCN1C(=O)[O-].[Zn+2]. The first kappa shape index (κ1) is 11.4. The minimum absolute atomic E-state index is 0. The molecule has 0 bridgehead atoms. The van der Waals surface area contributed by atoms with Crippen molar-refractivity contribution in [3.05, 3.63) is 0 Å². The van der Waals surface area contributed by atoms with Crippen LogP contribution in [0.4, 0.5) is 4.79 Å². The number of carbonyl (C=O) groups excluding carboxylic acids is 2. The number of likely N-dealkylation sites (tertiary alicyclic amines) is 1. The zero-order chi connectivity index (χ0) is 8.43. The summed E-state index contributed by atoms with van der Waals surface area (Å²) >= 11 is 0. The predicted octanol–water partition coefficient (Wildman–Crippen LogP) is -2.46. The first-order valence-electron chi connectivity index (χ1n) is 3.31. The molecule has 1 amide bonds. The number of carboxylic acid groups (broad SMARTS) is 2. The van der Waals surface area contributed by atoms with E-state index >= 15 is 0 Å². The summed E-state index contributed by atoms with van der Waals surface area (Å²) in [4.78, 5) is 21.3. The second-order valence-corrected chi connectivity index (χ2v) is 2.44. The minimum atomic E-state index is -1.43. The van der Waals surface area contributed by atoms with Crippen molar-refractivity contribution in [1.29, 1.82) is 0 Å². The molecular weight excluding hydrogens is 215 g/mol. The number of carboxylic acids is 1. The van der Waals surface area contributed by atoms with Crippen LogP contribution >= 0.6 is 0 Å². The van der Waals surface area contributed by atoms with E-state index in [4.69, 9.17) is 0 Å². The van der Waals surface area contributed by atoms with Gasteiger partial charge in [0.25, 0.3) is 0 Å². The zero-order valence-corrected chi connectivity index (χ0v) is 9.45. The number of hydrogen-bond donors (Lipinski definition) is 0. The molecule has 62 valence electrons. The molecule has 1 aliphatic heterocycles. The number of rotatable bonds is 1. The molecule has 12 heavy (non-hydrogen) atoms. The van der Waals surface area contributed by atoms with Crippen LogP contribution in [0.5, 0.6) is 0 Å². The van der Waals surface area contributed by atoms with Crippen LogP contribution in [0, 0.1) is 0 Å². The Morgan fingerprint density at radius 3 is 2.25 bits per heavy atom. The van der Waals surface area contributed by atoms with Crippen molar-refractivity contribution >= 4 is 12.1 Å². The fourth-order valence-electron chi connectivity index (χ4n) is 1.23. The van der Waals surface area contributed by atoms with E-state index in [1.54, 1.807) is 0 Å². The van der Waals surface area contributed by atoms with Crippen molar-refractivity contribution in [2.75, 3.05) is 6.54 Å². The van der Waals surface area contributed by atoms with Crippen molar-refractivity contribution in [3.8, 4) is 0 Å². The largest absolute Gasteiger partial charge is 2.00 e. The Labute approximate surface area is 82.1 Å². The Balaban J connectivity index is 0.00000121. The Bertz CT molecular complexity index is 176. The van der Waals surface area contributed by atoms with Crippen LogP contribution in [0.1, 0.15) is 12.8 Å². The third kappa shape index (κ3) is 2.17. The van der Waals surface area contributed by atoms with Gasteiger partial charge in [-0.05, 0) is 12.8 Å². The molecule has 1 aliphatic rings. The van der Waals surface area contributed by atoms with Crippen LogP contribution in [0.3, 0.4) is 0 Å². The molecule has 1 atom stereocenters. The normalized spacial score (nSPS) is 21.7. The third-order valence-corrected chi connectivity index (χ3v) is 1.76. The Morgan fingerprint density at radius 1 is 1.33 bits per heavy atom. The van der Waals surface area contributed by atoms with Gasteiger partial charge in [-0.1, -0.05) is 0 Å². The first-order chi connectivity index (χ1) is 5.13. The van der Waals surface area contributed by atoms with Gasteiger partial charge in [-0.3, -0.25) is 0 Å². The van der Waals surface area contributed by atoms with E-state index in [0.29, 0.717) is 12.8 Å². The molecule has 5 nitrogen and oxygen atoms in total. The topological polar surface area (TPSA) is 83.5 Å². The number of amides is 1. The Kier molecular flexibility index (Phi) is 4.17.